The number of urea groups is 1. The monoisotopic (exact) mass is 328 g/mol. The van der Waals surface area contributed by atoms with Crippen molar-refractivity contribution in [3.05, 3.63) is 76.9 Å². The lowest BCUT2D eigenvalue weighted by atomic mass is 10.1. The zero-order chi connectivity index (χ0) is 16.3. The van der Waals surface area contributed by atoms with E-state index in [2.05, 4.69) is 22.8 Å². The van der Waals surface area contributed by atoms with E-state index < -0.39 is 0 Å². The van der Waals surface area contributed by atoms with Crippen LogP contribution in [0.4, 0.5) is 4.79 Å². The normalized spacial score (nSPS) is 10.7. The average molecular weight is 329 g/mol. The number of nitrogens with one attached hydrogen (secondary N) is 2. The molecule has 0 aliphatic rings. The summed E-state index contributed by atoms with van der Waals surface area (Å²) < 4.78 is 0. The molecule has 120 valence electrons. The van der Waals surface area contributed by atoms with Crippen LogP contribution >= 0.6 is 11.6 Å². The van der Waals surface area contributed by atoms with Gasteiger partial charge in [0.1, 0.15) is 0 Å². The van der Waals surface area contributed by atoms with E-state index in [-0.39, 0.29) is 6.03 Å². The van der Waals surface area contributed by atoms with Crippen molar-refractivity contribution in [1.82, 2.24) is 10.6 Å². The van der Waals surface area contributed by atoms with Crippen LogP contribution in [-0.4, -0.2) is 12.6 Å². The van der Waals surface area contributed by atoms with Gasteiger partial charge in [-0.3, -0.25) is 0 Å². The largest absolute Gasteiger partial charge is 0.338 e. The smallest absolute Gasteiger partial charge is 0.318 e. The molecule has 0 radical (unpaired) electrons. The van der Waals surface area contributed by atoms with Gasteiger partial charge in [0.2, 0.25) is 0 Å². The summed E-state index contributed by atoms with van der Waals surface area (Å²) >= 11 is 5.81. The molecule has 3 nitrogen and oxygen atoms in total. The Balaban J connectivity index is 1.57. The Morgan fingerprint density at radius 3 is 2.48 bits per heavy atom. The van der Waals surface area contributed by atoms with Gasteiger partial charge >= 0.3 is 6.03 Å². The Hall–Kier alpha value is -2.26. The minimum Gasteiger partial charge on any atom is -0.338 e. The standard InChI is InChI=1S/C19H21ClN2O/c20-18-11-9-17(10-12-18)13-15-22-19(23)21-14-5-4-8-16-6-2-1-3-7-16/h1-3,6-7,9-13,15H,4-5,8,14H2,(H2,21,22,23)/b15-13+. The number of aryl methyl sites for hydroxylation is 1. The molecule has 2 N–H and O–H groups in total. The van der Waals surface area contributed by atoms with Crippen LogP contribution in [0.5, 0.6) is 0 Å². The van der Waals surface area contributed by atoms with Gasteiger partial charge in [-0.05, 0) is 48.6 Å². The number of hydrogen-bond acceptors (Lipinski definition) is 1. The van der Waals surface area contributed by atoms with Crippen molar-refractivity contribution < 1.29 is 4.79 Å². The first-order chi connectivity index (χ1) is 11.2. The molecule has 0 fully saturated rings. The Bertz CT molecular complexity index is 624. The van der Waals surface area contributed by atoms with E-state index in [9.17, 15) is 4.79 Å². The highest BCUT2D eigenvalue weighted by atomic mass is 35.5. The first kappa shape index (κ1) is 17.1. The molecule has 0 heterocycles. The molecule has 0 unspecified atom stereocenters. The SMILES string of the molecule is O=C(N/C=C/c1ccc(Cl)cc1)NCCCCc1ccccc1. The maximum atomic E-state index is 11.6. The molecule has 0 saturated heterocycles. The van der Waals surface area contributed by atoms with Crippen molar-refractivity contribution in [2.45, 2.75) is 19.3 Å². The molecule has 0 aromatic heterocycles. The number of rotatable bonds is 7. The second-order valence-corrected chi connectivity index (χ2v) is 5.66. The van der Waals surface area contributed by atoms with Crippen molar-refractivity contribution in [3.63, 3.8) is 0 Å². The fourth-order valence-electron chi connectivity index (χ4n) is 2.14. The maximum absolute atomic E-state index is 11.6. The molecule has 0 spiro atoms. The van der Waals surface area contributed by atoms with Crippen LogP contribution in [0.2, 0.25) is 5.02 Å². The zero-order valence-corrected chi connectivity index (χ0v) is 13.7. The second kappa shape index (κ2) is 9.70. The van der Waals surface area contributed by atoms with Crippen LogP contribution in [0.25, 0.3) is 6.08 Å². The van der Waals surface area contributed by atoms with E-state index in [0.717, 1.165) is 24.8 Å². The molecule has 0 atom stereocenters. The molecule has 2 aromatic rings. The van der Waals surface area contributed by atoms with Crippen LogP contribution in [-0.2, 0) is 6.42 Å². The molecule has 23 heavy (non-hydrogen) atoms. The molecule has 0 saturated carbocycles. The third-order valence-corrected chi connectivity index (χ3v) is 3.63. The van der Waals surface area contributed by atoms with Crippen molar-refractivity contribution in [3.8, 4) is 0 Å². The van der Waals surface area contributed by atoms with Gasteiger partial charge < -0.3 is 10.6 Å². The van der Waals surface area contributed by atoms with Gasteiger partial charge in [-0.25, -0.2) is 4.79 Å². The van der Waals surface area contributed by atoms with Crippen molar-refractivity contribution in [2.75, 3.05) is 6.54 Å². The summed E-state index contributed by atoms with van der Waals surface area (Å²) in [4.78, 5) is 11.6. The van der Waals surface area contributed by atoms with E-state index in [0.29, 0.717) is 11.6 Å². The third-order valence-electron chi connectivity index (χ3n) is 3.38. The summed E-state index contributed by atoms with van der Waals surface area (Å²) in [7, 11) is 0. The molecule has 2 rings (SSSR count). The van der Waals surface area contributed by atoms with E-state index in [1.165, 1.54) is 5.56 Å². The number of carbonyl (C=O) groups is 1. The summed E-state index contributed by atoms with van der Waals surface area (Å²) in [6, 6.07) is 17.6. The summed E-state index contributed by atoms with van der Waals surface area (Å²) in [5.74, 6) is 0. The average Bonchev–Trinajstić information content (AvgIpc) is 2.57. The lowest BCUT2D eigenvalue weighted by Gasteiger charge is -2.05. The summed E-state index contributed by atoms with van der Waals surface area (Å²) in [6.45, 7) is 0.674. The molecular formula is C19H21ClN2O. The van der Waals surface area contributed by atoms with Crippen LogP contribution < -0.4 is 10.6 Å². The highest BCUT2D eigenvalue weighted by molar-refractivity contribution is 6.30. The first-order valence-electron chi connectivity index (χ1n) is 7.74. The minimum absolute atomic E-state index is 0.185. The predicted octanol–water partition coefficient (Wildman–Crippen LogP) is 4.63. The molecule has 0 aliphatic carbocycles. The van der Waals surface area contributed by atoms with Crippen molar-refractivity contribution in [1.29, 1.82) is 0 Å². The quantitative estimate of drug-likeness (QED) is 0.715. The predicted molar refractivity (Wildman–Crippen MR) is 96.4 cm³/mol. The number of halogens is 1. The Kier molecular flexibility index (Phi) is 7.21. The number of hydrogen-bond donors (Lipinski definition) is 2. The van der Waals surface area contributed by atoms with Crippen molar-refractivity contribution >= 4 is 23.7 Å². The van der Waals surface area contributed by atoms with Gasteiger partial charge in [-0.1, -0.05) is 54.1 Å². The third kappa shape index (κ3) is 7.02. The van der Waals surface area contributed by atoms with E-state index in [4.69, 9.17) is 11.6 Å². The zero-order valence-electron chi connectivity index (χ0n) is 13.0. The van der Waals surface area contributed by atoms with Gasteiger partial charge in [0.05, 0.1) is 0 Å². The lowest BCUT2D eigenvalue weighted by Crippen LogP contribution is -2.32. The Morgan fingerprint density at radius 1 is 1.00 bits per heavy atom. The summed E-state index contributed by atoms with van der Waals surface area (Å²) in [6.07, 6.45) is 6.52. The Labute approximate surface area is 142 Å². The number of benzene rings is 2. The molecule has 0 aliphatic heterocycles. The topological polar surface area (TPSA) is 41.1 Å². The van der Waals surface area contributed by atoms with Crippen LogP contribution in [0, 0.1) is 0 Å². The first-order valence-corrected chi connectivity index (χ1v) is 8.12. The van der Waals surface area contributed by atoms with E-state index >= 15 is 0 Å². The molecule has 4 heteroatoms. The Morgan fingerprint density at radius 2 is 1.74 bits per heavy atom. The number of amides is 2. The molecule has 2 amide bonds. The van der Waals surface area contributed by atoms with Crippen LogP contribution in [0.1, 0.15) is 24.0 Å². The van der Waals surface area contributed by atoms with Crippen LogP contribution in [0.3, 0.4) is 0 Å². The highest BCUT2D eigenvalue weighted by Gasteiger charge is 1.97. The molecule has 0 bridgehead atoms. The summed E-state index contributed by atoms with van der Waals surface area (Å²) in [5, 5.41) is 6.23. The van der Waals surface area contributed by atoms with Crippen molar-refractivity contribution in [2.24, 2.45) is 0 Å². The molecular weight excluding hydrogens is 308 g/mol. The maximum Gasteiger partial charge on any atom is 0.318 e. The summed E-state index contributed by atoms with van der Waals surface area (Å²) in [5.41, 5.74) is 2.32. The van der Waals surface area contributed by atoms with Gasteiger partial charge in [-0.15, -0.1) is 0 Å². The highest BCUT2D eigenvalue weighted by Crippen LogP contribution is 2.10. The fraction of sp³-hybridized carbons (Fsp3) is 0.211. The lowest BCUT2D eigenvalue weighted by molar-refractivity contribution is 0.244. The van der Waals surface area contributed by atoms with Gasteiger partial charge in [0, 0.05) is 17.8 Å². The fourth-order valence-corrected chi connectivity index (χ4v) is 2.27. The number of unbranched alkanes of at least 4 members (excludes halogenated alkanes) is 1. The van der Waals surface area contributed by atoms with E-state index in [1.54, 1.807) is 6.20 Å². The second-order valence-electron chi connectivity index (χ2n) is 5.23. The molecule has 2 aromatic carbocycles. The minimum atomic E-state index is -0.185. The van der Waals surface area contributed by atoms with Crippen LogP contribution in [0.15, 0.2) is 60.8 Å². The van der Waals surface area contributed by atoms with Gasteiger partial charge in [-0.2, -0.15) is 0 Å². The van der Waals surface area contributed by atoms with Gasteiger partial charge in [0.25, 0.3) is 0 Å². The van der Waals surface area contributed by atoms with Gasteiger partial charge in [0.15, 0.2) is 0 Å². The van der Waals surface area contributed by atoms with E-state index in [1.807, 2.05) is 48.5 Å². The number of carbonyl (C=O) groups excluding carboxylic acids is 1.